The first-order valence-electron chi connectivity index (χ1n) is 7.22. The van der Waals surface area contributed by atoms with Gasteiger partial charge in [-0.2, -0.15) is 0 Å². The van der Waals surface area contributed by atoms with Gasteiger partial charge in [0.1, 0.15) is 0 Å². The van der Waals surface area contributed by atoms with Crippen molar-refractivity contribution in [3.05, 3.63) is 58.3 Å². The van der Waals surface area contributed by atoms with E-state index in [1.54, 1.807) is 11.3 Å². The first kappa shape index (κ1) is 14.3. The molecular weight excluding hydrogens is 282 g/mol. The predicted octanol–water partition coefficient (Wildman–Crippen LogP) is 3.28. The fourth-order valence-corrected chi connectivity index (χ4v) is 3.39. The van der Waals surface area contributed by atoms with Gasteiger partial charge in [-0.15, -0.1) is 11.3 Å². The van der Waals surface area contributed by atoms with Gasteiger partial charge in [-0.3, -0.25) is 4.79 Å². The molecular formula is C17H19NO2S. The lowest BCUT2D eigenvalue weighted by Gasteiger charge is -2.39. The van der Waals surface area contributed by atoms with Gasteiger partial charge in [0.2, 0.25) is 5.91 Å². The molecule has 1 aliphatic rings. The van der Waals surface area contributed by atoms with Crippen molar-refractivity contribution in [3.8, 4) is 0 Å². The Bertz CT molecular complexity index is 582. The summed E-state index contributed by atoms with van der Waals surface area (Å²) in [6, 6.07) is 14.2. The number of amides is 1. The third-order valence-corrected chi connectivity index (χ3v) is 4.66. The molecule has 1 fully saturated rings. The minimum atomic E-state index is 0.0230. The standard InChI is InChI=1S/C17H19NO2S/c1-13-11-18(17(19)10-15-8-5-9-21-15)16(12-20-13)14-6-3-2-4-7-14/h2-9,13,16H,10-12H2,1H3/t13-,16-/m1/s1. The lowest BCUT2D eigenvalue weighted by atomic mass is 10.0. The number of benzene rings is 1. The van der Waals surface area contributed by atoms with Crippen LogP contribution in [0.2, 0.25) is 0 Å². The van der Waals surface area contributed by atoms with E-state index in [4.69, 9.17) is 4.74 Å². The molecule has 21 heavy (non-hydrogen) atoms. The van der Waals surface area contributed by atoms with E-state index < -0.39 is 0 Å². The van der Waals surface area contributed by atoms with Crippen LogP contribution in [0.1, 0.15) is 23.4 Å². The van der Waals surface area contributed by atoms with Gasteiger partial charge in [0.05, 0.1) is 25.2 Å². The Morgan fingerprint density at radius 3 is 2.81 bits per heavy atom. The lowest BCUT2D eigenvalue weighted by Crippen LogP contribution is -2.47. The Morgan fingerprint density at radius 2 is 2.10 bits per heavy atom. The fourth-order valence-electron chi connectivity index (χ4n) is 2.69. The molecule has 1 aliphatic heterocycles. The van der Waals surface area contributed by atoms with Crippen LogP contribution in [0.4, 0.5) is 0 Å². The third-order valence-electron chi connectivity index (χ3n) is 3.78. The van der Waals surface area contributed by atoms with E-state index in [0.29, 0.717) is 19.6 Å². The summed E-state index contributed by atoms with van der Waals surface area (Å²) in [6.07, 6.45) is 0.575. The maximum absolute atomic E-state index is 12.7. The Balaban J connectivity index is 1.79. The summed E-state index contributed by atoms with van der Waals surface area (Å²) in [5.74, 6) is 0.182. The zero-order valence-corrected chi connectivity index (χ0v) is 12.9. The number of morpholine rings is 1. The van der Waals surface area contributed by atoms with Gasteiger partial charge in [-0.1, -0.05) is 36.4 Å². The maximum Gasteiger partial charge on any atom is 0.228 e. The van der Waals surface area contributed by atoms with Crippen LogP contribution in [0.15, 0.2) is 47.8 Å². The molecule has 2 atom stereocenters. The van der Waals surface area contributed by atoms with Crippen LogP contribution in [-0.4, -0.2) is 30.1 Å². The molecule has 110 valence electrons. The van der Waals surface area contributed by atoms with E-state index in [0.717, 1.165) is 10.4 Å². The van der Waals surface area contributed by atoms with Crippen LogP contribution >= 0.6 is 11.3 Å². The van der Waals surface area contributed by atoms with Gasteiger partial charge in [0, 0.05) is 11.4 Å². The summed E-state index contributed by atoms with van der Waals surface area (Å²) in [5, 5.41) is 2.01. The summed E-state index contributed by atoms with van der Waals surface area (Å²) in [4.78, 5) is 15.8. The second-order valence-electron chi connectivity index (χ2n) is 5.37. The van der Waals surface area contributed by atoms with Crippen molar-refractivity contribution in [1.82, 2.24) is 4.90 Å². The molecule has 0 radical (unpaired) electrons. The summed E-state index contributed by atoms with van der Waals surface area (Å²) < 4.78 is 5.77. The molecule has 2 aromatic rings. The molecule has 0 N–H and O–H groups in total. The van der Waals surface area contributed by atoms with Crippen molar-refractivity contribution in [3.63, 3.8) is 0 Å². The van der Waals surface area contributed by atoms with E-state index in [1.165, 1.54) is 0 Å². The Labute approximate surface area is 129 Å². The number of ether oxygens (including phenoxy) is 1. The van der Waals surface area contributed by atoms with Gasteiger partial charge in [-0.05, 0) is 23.9 Å². The molecule has 0 unspecified atom stereocenters. The smallest absolute Gasteiger partial charge is 0.228 e. The Hall–Kier alpha value is -1.65. The van der Waals surface area contributed by atoms with Crippen molar-refractivity contribution in [1.29, 1.82) is 0 Å². The van der Waals surface area contributed by atoms with Crippen molar-refractivity contribution in [2.45, 2.75) is 25.5 Å². The highest BCUT2D eigenvalue weighted by Crippen LogP contribution is 2.27. The number of hydrogen-bond donors (Lipinski definition) is 0. The monoisotopic (exact) mass is 301 g/mol. The topological polar surface area (TPSA) is 29.5 Å². The molecule has 3 rings (SSSR count). The molecule has 0 spiro atoms. The van der Waals surface area contributed by atoms with Crippen LogP contribution in [0, 0.1) is 0 Å². The number of thiophene rings is 1. The van der Waals surface area contributed by atoms with Crippen LogP contribution < -0.4 is 0 Å². The van der Waals surface area contributed by atoms with E-state index in [1.807, 2.05) is 47.5 Å². The Kier molecular flexibility index (Phi) is 4.36. The molecule has 0 bridgehead atoms. The molecule has 1 aromatic heterocycles. The summed E-state index contributed by atoms with van der Waals surface area (Å²) in [6.45, 7) is 3.25. The van der Waals surface area contributed by atoms with Gasteiger partial charge in [0.25, 0.3) is 0 Å². The molecule has 3 nitrogen and oxygen atoms in total. The quantitative estimate of drug-likeness (QED) is 0.870. The van der Waals surface area contributed by atoms with Gasteiger partial charge in [0.15, 0.2) is 0 Å². The van der Waals surface area contributed by atoms with E-state index in [2.05, 4.69) is 12.1 Å². The van der Waals surface area contributed by atoms with Crippen molar-refractivity contribution < 1.29 is 9.53 Å². The van der Waals surface area contributed by atoms with Crippen molar-refractivity contribution in [2.24, 2.45) is 0 Å². The predicted molar refractivity (Wildman–Crippen MR) is 84.3 cm³/mol. The molecule has 0 aliphatic carbocycles. The number of nitrogens with zero attached hydrogens (tertiary/aromatic N) is 1. The molecule has 4 heteroatoms. The van der Waals surface area contributed by atoms with E-state index in [9.17, 15) is 4.79 Å². The van der Waals surface area contributed by atoms with Crippen molar-refractivity contribution in [2.75, 3.05) is 13.2 Å². The van der Waals surface area contributed by atoms with E-state index in [-0.39, 0.29) is 18.1 Å². The molecule has 1 saturated heterocycles. The van der Waals surface area contributed by atoms with Gasteiger partial charge in [-0.25, -0.2) is 0 Å². The SMILES string of the molecule is C[C@@H]1CN(C(=O)Cc2cccs2)[C@@H](c2ccccc2)CO1. The van der Waals surface area contributed by atoms with E-state index >= 15 is 0 Å². The highest BCUT2D eigenvalue weighted by Gasteiger charge is 2.31. The second kappa shape index (κ2) is 6.41. The number of carbonyl (C=O) groups excluding carboxylic acids is 1. The minimum Gasteiger partial charge on any atom is -0.374 e. The van der Waals surface area contributed by atoms with Crippen LogP contribution in [0.5, 0.6) is 0 Å². The average Bonchev–Trinajstić information content (AvgIpc) is 3.01. The largest absolute Gasteiger partial charge is 0.374 e. The summed E-state index contributed by atoms with van der Waals surface area (Å²) in [7, 11) is 0. The minimum absolute atomic E-state index is 0.0230. The number of rotatable bonds is 3. The third kappa shape index (κ3) is 3.34. The van der Waals surface area contributed by atoms with Crippen LogP contribution in [-0.2, 0) is 16.0 Å². The average molecular weight is 301 g/mol. The zero-order valence-electron chi connectivity index (χ0n) is 12.1. The summed E-state index contributed by atoms with van der Waals surface area (Å²) in [5.41, 5.74) is 1.14. The second-order valence-corrected chi connectivity index (χ2v) is 6.40. The van der Waals surface area contributed by atoms with Crippen molar-refractivity contribution >= 4 is 17.2 Å². The fraction of sp³-hybridized carbons (Fsp3) is 0.353. The Morgan fingerprint density at radius 1 is 1.29 bits per heavy atom. The molecule has 0 saturated carbocycles. The summed E-state index contributed by atoms with van der Waals surface area (Å²) >= 11 is 1.63. The number of hydrogen-bond acceptors (Lipinski definition) is 3. The molecule has 1 amide bonds. The highest BCUT2D eigenvalue weighted by molar-refractivity contribution is 7.10. The van der Waals surface area contributed by atoms with Crippen LogP contribution in [0.3, 0.4) is 0 Å². The first-order valence-corrected chi connectivity index (χ1v) is 8.10. The highest BCUT2D eigenvalue weighted by atomic mass is 32.1. The number of carbonyl (C=O) groups is 1. The first-order chi connectivity index (χ1) is 10.2. The van der Waals surface area contributed by atoms with Crippen LogP contribution in [0.25, 0.3) is 0 Å². The van der Waals surface area contributed by atoms with Gasteiger partial charge >= 0.3 is 0 Å². The zero-order chi connectivity index (χ0) is 14.7. The lowest BCUT2D eigenvalue weighted by molar-refractivity contribution is -0.143. The van der Waals surface area contributed by atoms with Gasteiger partial charge < -0.3 is 9.64 Å². The molecule has 2 heterocycles. The maximum atomic E-state index is 12.7. The molecule has 1 aromatic carbocycles. The normalized spacial score (nSPS) is 22.2.